The summed E-state index contributed by atoms with van der Waals surface area (Å²) < 4.78 is 0. The second-order valence-electron chi connectivity index (χ2n) is 3.18. The third-order valence-electron chi connectivity index (χ3n) is 1.99. The largest absolute Gasteiger partial charge is 0.363 e. The molecule has 1 heterocycles. The van der Waals surface area contributed by atoms with Crippen molar-refractivity contribution in [1.29, 1.82) is 0 Å². The first-order valence-corrected chi connectivity index (χ1v) is 5.37. The molecule has 0 unspecified atom stereocenters. The minimum absolute atomic E-state index is 0.0955. The van der Waals surface area contributed by atoms with Gasteiger partial charge in [0.2, 0.25) is 0 Å². The van der Waals surface area contributed by atoms with Crippen LogP contribution in [0.4, 0.5) is 11.5 Å². The van der Waals surface area contributed by atoms with E-state index in [4.69, 9.17) is 0 Å². The van der Waals surface area contributed by atoms with Crippen molar-refractivity contribution >= 4 is 11.5 Å². The molecule has 0 bridgehead atoms. The number of rotatable bonds is 3. The van der Waals surface area contributed by atoms with Crippen molar-refractivity contribution in [3.8, 4) is 0 Å². The van der Waals surface area contributed by atoms with Crippen LogP contribution < -0.4 is 4.90 Å². The summed E-state index contributed by atoms with van der Waals surface area (Å²) in [5, 5.41) is 10.6. The molecule has 0 amide bonds. The van der Waals surface area contributed by atoms with Crippen molar-refractivity contribution in [3.05, 3.63) is 27.9 Å². The maximum absolute atomic E-state index is 10.6. The van der Waals surface area contributed by atoms with E-state index in [-0.39, 0.29) is 5.69 Å². The molecule has 0 aromatic carbocycles. The maximum Gasteiger partial charge on any atom is 0.290 e. The van der Waals surface area contributed by atoms with Crippen LogP contribution in [0.3, 0.4) is 0 Å². The molecule has 0 fully saturated rings. The summed E-state index contributed by atoms with van der Waals surface area (Å²) in [7, 11) is 3.71. The summed E-state index contributed by atoms with van der Waals surface area (Å²) in [5.41, 5.74) is 0.812. The maximum atomic E-state index is 10.6. The number of aromatic nitrogens is 1. The van der Waals surface area contributed by atoms with Crippen LogP contribution in [-0.4, -0.2) is 24.0 Å². The first-order valence-electron chi connectivity index (χ1n) is 5.37. The first kappa shape index (κ1) is 14.3. The van der Waals surface area contributed by atoms with E-state index in [1.807, 2.05) is 39.8 Å². The van der Waals surface area contributed by atoms with Crippen molar-refractivity contribution in [1.82, 2.24) is 4.98 Å². The zero-order valence-corrected chi connectivity index (χ0v) is 10.5. The molecule has 1 aromatic heterocycles. The predicted octanol–water partition coefficient (Wildman–Crippen LogP) is 2.64. The standard InChI is InChI=1S/C9H13N3O2.C2H6/c1-4-7-5-9(11(2)3)10-6-8(7)12(13)14;1-2/h5-6H,4H2,1-3H3;1-2H3. The molecule has 1 aromatic rings. The van der Waals surface area contributed by atoms with E-state index in [0.717, 1.165) is 5.82 Å². The van der Waals surface area contributed by atoms with Crippen LogP contribution in [0.2, 0.25) is 0 Å². The SMILES string of the molecule is CC.CCc1cc(N(C)C)ncc1[N+](=O)[O-]. The highest BCUT2D eigenvalue weighted by Crippen LogP contribution is 2.21. The topological polar surface area (TPSA) is 59.3 Å². The summed E-state index contributed by atoms with van der Waals surface area (Å²) in [5.74, 6) is 0.743. The highest BCUT2D eigenvalue weighted by molar-refractivity contribution is 5.48. The molecular formula is C11H19N3O2. The summed E-state index contributed by atoms with van der Waals surface area (Å²) in [6.07, 6.45) is 1.95. The van der Waals surface area contributed by atoms with Crippen LogP contribution in [0.15, 0.2) is 12.3 Å². The Labute approximate surface area is 96.3 Å². The van der Waals surface area contributed by atoms with Gasteiger partial charge in [0.25, 0.3) is 5.69 Å². The Hall–Kier alpha value is -1.65. The lowest BCUT2D eigenvalue weighted by molar-refractivity contribution is -0.385. The van der Waals surface area contributed by atoms with Crippen LogP contribution in [0.25, 0.3) is 0 Å². The molecule has 5 heteroatoms. The molecule has 1 rings (SSSR count). The van der Waals surface area contributed by atoms with Gasteiger partial charge < -0.3 is 4.90 Å². The van der Waals surface area contributed by atoms with Crippen molar-refractivity contribution in [2.45, 2.75) is 27.2 Å². The number of anilines is 1. The smallest absolute Gasteiger partial charge is 0.290 e. The Bertz CT molecular complexity index is 351. The summed E-state index contributed by atoms with van der Waals surface area (Å²) in [6, 6.07) is 1.75. The zero-order chi connectivity index (χ0) is 12.7. The fourth-order valence-corrected chi connectivity index (χ4v) is 1.17. The Morgan fingerprint density at radius 3 is 2.38 bits per heavy atom. The number of pyridine rings is 1. The van der Waals surface area contributed by atoms with Crippen molar-refractivity contribution < 1.29 is 4.92 Å². The Morgan fingerprint density at radius 1 is 1.44 bits per heavy atom. The van der Waals surface area contributed by atoms with Gasteiger partial charge in [-0.3, -0.25) is 10.1 Å². The van der Waals surface area contributed by atoms with Gasteiger partial charge in [-0.25, -0.2) is 4.98 Å². The van der Waals surface area contributed by atoms with Crippen molar-refractivity contribution in [3.63, 3.8) is 0 Å². The van der Waals surface area contributed by atoms with E-state index in [0.29, 0.717) is 12.0 Å². The van der Waals surface area contributed by atoms with Gasteiger partial charge in [0, 0.05) is 19.7 Å². The molecule has 90 valence electrons. The molecule has 0 radical (unpaired) electrons. The van der Waals surface area contributed by atoms with E-state index in [9.17, 15) is 10.1 Å². The van der Waals surface area contributed by atoms with Crippen LogP contribution in [0.5, 0.6) is 0 Å². The monoisotopic (exact) mass is 225 g/mol. The highest BCUT2D eigenvalue weighted by Gasteiger charge is 2.13. The lowest BCUT2D eigenvalue weighted by atomic mass is 10.2. The zero-order valence-electron chi connectivity index (χ0n) is 10.5. The Morgan fingerprint density at radius 2 is 2.00 bits per heavy atom. The molecule has 0 aliphatic rings. The Kier molecular flexibility index (Phi) is 6.07. The number of nitrogens with zero attached hydrogens (tertiary/aromatic N) is 3. The molecular weight excluding hydrogens is 206 g/mol. The minimum Gasteiger partial charge on any atom is -0.363 e. The molecule has 0 spiro atoms. The van der Waals surface area contributed by atoms with Gasteiger partial charge in [-0.05, 0) is 12.5 Å². The van der Waals surface area contributed by atoms with Crippen molar-refractivity contribution in [2.24, 2.45) is 0 Å². The third kappa shape index (κ3) is 3.49. The van der Waals surface area contributed by atoms with Gasteiger partial charge in [-0.15, -0.1) is 0 Å². The van der Waals surface area contributed by atoms with E-state index in [1.54, 1.807) is 6.07 Å². The number of hydrogen-bond acceptors (Lipinski definition) is 4. The van der Waals surface area contributed by atoms with Crippen LogP contribution in [0, 0.1) is 10.1 Å². The Balaban J connectivity index is 0.00000106. The molecule has 0 aliphatic carbocycles. The molecule has 0 atom stereocenters. The predicted molar refractivity (Wildman–Crippen MR) is 65.9 cm³/mol. The summed E-state index contributed by atoms with van der Waals surface area (Å²) in [4.78, 5) is 16.0. The third-order valence-corrected chi connectivity index (χ3v) is 1.99. The average molecular weight is 225 g/mol. The van der Waals surface area contributed by atoms with Crippen LogP contribution in [0.1, 0.15) is 26.3 Å². The van der Waals surface area contributed by atoms with Gasteiger partial charge in [0.15, 0.2) is 0 Å². The van der Waals surface area contributed by atoms with Gasteiger partial charge >= 0.3 is 0 Å². The fraction of sp³-hybridized carbons (Fsp3) is 0.545. The van der Waals surface area contributed by atoms with Crippen LogP contribution in [-0.2, 0) is 6.42 Å². The molecule has 5 nitrogen and oxygen atoms in total. The summed E-state index contributed by atoms with van der Waals surface area (Å²) in [6.45, 7) is 5.89. The highest BCUT2D eigenvalue weighted by atomic mass is 16.6. The molecule has 0 saturated heterocycles. The quantitative estimate of drug-likeness (QED) is 0.586. The summed E-state index contributed by atoms with van der Waals surface area (Å²) >= 11 is 0. The van der Waals surface area contributed by atoms with Gasteiger partial charge in [0.1, 0.15) is 12.0 Å². The van der Waals surface area contributed by atoms with E-state index in [2.05, 4.69) is 4.98 Å². The molecule has 0 N–H and O–H groups in total. The minimum atomic E-state index is -0.398. The van der Waals surface area contributed by atoms with Gasteiger partial charge in [-0.1, -0.05) is 20.8 Å². The lowest BCUT2D eigenvalue weighted by Crippen LogP contribution is -2.11. The number of nitro groups is 1. The molecule has 16 heavy (non-hydrogen) atoms. The average Bonchev–Trinajstić information content (AvgIpc) is 2.30. The van der Waals surface area contributed by atoms with E-state index in [1.165, 1.54) is 6.20 Å². The van der Waals surface area contributed by atoms with Crippen LogP contribution >= 0.6 is 0 Å². The van der Waals surface area contributed by atoms with E-state index < -0.39 is 4.92 Å². The number of hydrogen-bond donors (Lipinski definition) is 0. The fourth-order valence-electron chi connectivity index (χ4n) is 1.17. The van der Waals surface area contributed by atoms with Gasteiger partial charge in [-0.2, -0.15) is 0 Å². The lowest BCUT2D eigenvalue weighted by Gasteiger charge is -2.11. The number of aryl methyl sites for hydroxylation is 1. The normalized spacial score (nSPS) is 9.06. The van der Waals surface area contributed by atoms with E-state index >= 15 is 0 Å². The molecule has 0 saturated carbocycles. The molecule has 0 aliphatic heterocycles. The van der Waals surface area contributed by atoms with Gasteiger partial charge in [0.05, 0.1) is 4.92 Å². The van der Waals surface area contributed by atoms with Crippen molar-refractivity contribution in [2.75, 3.05) is 19.0 Å². The first-order chi connectivity index (χ1) is 7.56. The second-order valence-corrected chi connectivity index (χ2v) is 3.18. The second kappa shape index (κ2) is 6.76.